The van der Waals surface area contributed by atoms with Crippen LogP contribution in [-0.4, -0.2) is 11.7 Å². The van der Waals surface area contributed by atoms with Gasteiger partial charge in [-0.3, -0.25) is 9.59 Å². The van der Waals surface area contributed by atoms with E-state index in [-0.39, 0.29) is 23.7 Å². The highest BCUT2D eigenvalue weighted by Gasteiger charge is 2.41. The fraction of sp³-hybridized carbons (Fsp3) is 0.529. The van der Waals surface area contributed by atoms with Crippen LogP contribution in [0.4, 0.5) is 0 Å². The summed E-state index contributed by atoms with van der Waals surface area (Å²) in [5.74, 6) is 0.759. The zero-order valence-electron chi connectivity index (χ0n) is 12.0. The Balaban J connectivity index is 1.56. The molecule has 0 aliphatic heterocycles. The number of nitrogens with one attached hydrogen (secondary N) is 1. The van der Waals surface area contributed by atoms with E-state index in [0.29, 0.717) is 17.4 Å². The zero-order valence-corrected chi connectivity index (χ0v) is 12.7. The molecule has 2 fully saturated rings. The number of amides is 1. The predicted molar refractivity (Wildman–Crippen MR) is 81.9 cm³/mol. The summed E-state index contributed by atoms with van der Waals surface area (Å²) >= 11 is 5.84. The summed E-state index contributed by atoms with van der Waals surface area (Å²) in [6.07, 6.45) is 4.55. The second kappa shape index (κ2) is 6.18. The maximum absolute atomic E-state index is 12.3. The zero-order chi connectivity index (χ0) is 14.8. The molecule has 0 radical (unpaired) electrons. The summed E-state index contributed by atoms with van der Waals surface area (Å²) in [6, 6.07) is 7.49. The van der Waals surface area contributed by atoms with E-state index in [1.54, 1.807) is 0 Å². The lowest BCUT2D eigenvalue weighted by molar-refractivity contribution is -0.137. The van der Waals surface area contributed by atoms with Gasteiger partial charge >= 0.3 is 0 Å². The van der Waals surface area contributed by atoms with E-state index in [2.05, 4.69) is 5.32 Å². The SMILES string of the molecule is O=C(NCc1ccc(Cl)cc1)C1C[C@H]2CCC[C@@H](C1)C2=O. The Bertz CT molecular complexity index is 524. The second-order valence-electron chi connectivity index (χ2n) is 6.24. The molecule has 1 amide bonds. The average molecular weight is 306 g/mol. The van der Waals surface area contributed by atoms with Crippen LogP contribution in [0.5, 0.6) is 0 Å². The first-order chi connectivity index (χ1) is 10.1. The maximum Gasteiger partial charge on any atom is 0.223 e. The normalized spacial score (nSPS) is 28.2. The topological polar surface area (TPSA) is 46.2 Å². The van der Waals surface area contributed by atoms with E-state index in [1.165, 1.54) is 0 Å². The number of carbonyl (C=O) groups excluding carboxylic acids is 2. The molecule has 1 N–H and O–H groups in total. The first-order valence-electron chi connectivity index (χ1n) is 7.69. The van der Waals surface area contributed by atoms with Gasteiger partial charge in [-0.2, -0.15) is 0 Å². The van der Waals surface area contributed by atoms with Crippen LogP contribution in [0.1, 0.15) is 37.7 Å². The van der Waals surface area contributed by atoms with Crippen LogP contribution in [0, 0.1) is 17.8 Å². The summed E-state index contributed by atoms with van der Waals surface area (Å²) in [4.78, 5) is 24.4. The first kappa shape index (κ1) is 14.6. The highest BCUT2D eigenvalue weighted by molar-refractivity contribution is 6.30. The highest BCUT2D eigenvalue weighted by atomic mass is 35.5. The van der Waals surface area contributed by atoms with Crippen LogP contribution in [0.15, 0.2) is 24.3 Å². The fourth-order valence-electron chi connectivity index (χ4n) is 3.63. The van der Waals surface area contributed by atoms with E-state index in [4.69, 9.17) is 11.6 Å². The maximum atomic E-state index is 12.3. The minimum absolute atomic E-state index is 0.00491. The number of rotatable bonds is 3. The molecule has 1 aromatic rings. The van der Waals surface area contributed by atoms with Gasteiger partial charge in [-0.1, -0.05) is 30.2 Å². The molecule has 3 rings (SSSR count). The molecule has 1 aromatic carbocycles. The molecule has 3 nitrogen and oxygen atoms in total. The van der Waals surface area contributed by atoms with Crippen LogP contribution in [0.3, 0.4) is 0 Å². The molecule has 2 aliphatic carbocycles. The number of ketones is 1. The van der Waals surface area contributed by atoms with Crippen molar-refractivity contribution in [3.05, 3.63) is 34.9 Å². The Kier molecular flexibility index (Phi) is 4.29. The Morgan fingerprint density at radius 3 is 2.38 bits per heavy atom. The summed E-state index contributed by atoms with van der Waals surface area (Å²) in [7, 11) is 0. The number of carbonyl (C=O) groups is 2. The van der Waals surface area contributed by atoms with Gasteiger partial charge in [0.2, 0.25) is 5.91 Å². The lowest BCUT2D eigenvalue weighted by atomic mass is 9.67. The molecule has 0 heterocycles. The number of fused-ring (bicyclic) bond motifs is 2. The number of hydrogen-bond donors (Lipinski definition) is 1. The van der Waals surface area contributed by atoms with Crippen molar-refractivity contribution >= 4 is 23.3 Å². The van der Waals surface area contributed by atoms with Crippen molar-refractivity contribution in [2.24, 2.45) is 17.8 Å². The van der Waals surface area contributed by atoms with Gasteiger partial charge in [-0.25, -0.2) is 0 Å². The molecule has 0 aromatic heterocycles. The Hall–Kier alpha value is -1.35. The summed E-state index contributed by atoms with van der Waals surface area (Å²) in [6.45, 7) is 0.524. The molecule has 112 valence electrons. The molecule has 2 saturated carbocycles. The molecule has 21 heavy (non-hydrogen) atoms. The third-order valence-electron chi connectivity index (χ3n) is 4.80. The van der Waals surface area contributed by atoms with E-state index in [0.717, 1.165) is 37.7 Å². The average Bonchev–Trinajstić information content (AvgIpc) is 2.46. The van der Waals surface area contributed by atoms with Gasteiger partial charge < -0.3 is 5.32 Å². The lowest BCUT2D eigenvalue weighted by Crippen LogP contribution is -2.42. The summed E-state index contributed by atoms with van der Waals surface area (Å²) < 4.78 is 0. The minimum Gasteiger partial charge on any atom is -0.352 e. The predicted octanol–water partition coefficient (Wildman–Crippen LogP) is 3.35. The number of Topliss-reactive ketones (excluding diaryl/α,β-unsaturated/α-hetero) is 1. The monoisotopic (exact) mass is 305 g/mol. The summed E-state index contributed by atoms with van der Waals surface area (Å²) in [5.41, 5.74) is 1.04. The van der Waals surface area contributed by atoms with Crippen molar-refractivity contribution in [2.75, 3.05) is 0 Å². The second-order valence-corrected chi connectivity index (χ2v) is 6.68. The van der Waals surface area contributed by atoms with Gasteiger partial charge in [-0.15, -0.1) is 0 Å². The Labute approximate surface area is 130 Å². The van der Waals surface area contributed by atoms with Crippen LogP contribution in [0.2, 0.25) is 5.02 Å². The number of benzene rings is 1. The molecule has 0 spiro atoms. The van der Waals surface area contributed by atoms with Crippen molar-refractivity contribution in [2.45, 2.75) is 38.6 Å². The third kappa shape index (κ3) is 3.29. The van der Waals surface area contributed by atoms with Gasteiger partial charge in [-0.05, 0) is 43.4 Å². The molecule has 2 bridgehead atoms. The molecule has 3 atom stereocenters. The van der Waals surface area contributed by atoms with Gasteiger partial charge in [0.15, 0.2) is 0 Å². The molecule has 1 unspecified atom stereocenters. The Morgan fingerprint density at radius 2 is 1.76 bits per heavy atom. The third-order valence-corrected chi connectivity index (χ3v) is 5.05. The number of hydrogen-bond acceptors (Lipinski definition) is 2. The molecular formula is C17H20ClNO2. The van der Waals surface area contributed by atoms with Crippen LogP contribution in [0.25, 0.3) is 0 Å². The largest absolute Gasteiger partial charge is 0.352 e. The van der Waals surface area contributed by atoms with Crippen molar-refractivity contribution in [3.63, 3.8) is 0 Å². The van der Waals surface area contributed by atoms with Crippen molar-refractivity contribution in [3.8, 4) is 0 Å². The van der Waals surface area contributed by atoms with E-state index in [9.17, 15) is 9.59 Å². The lowest BCUT2D eigenvalue weighted by Gasteiger charge is -2.36. The number of halogens is 1. The molecular weight excluding hydrogens is 286 g/mol. The molecule has 0 saturated heterocycles. The van der Waals surface area contributed by atoms with Crippen LogP contribution < -0.4 is 5.32 Å². The van der Waals surface area contributed by atoms with Crippen molar-refractivity contribution in [1.29, 1.82) is 0 Å². The van der Waals surface area contributed by atoms with Crippen molar-refractivity contribution < 1.29 is 9.59 Å². The van der Waals surface area contributed by atoms with E-state index < -0.39 is 0 Å². The van der Waals surface area contributed by atoms with Gasteiger partial charge in [0.1, 0.15) is 5.78 Å². The van der Waals surface area contributed by atoms with Crippen LogP contribution >= 0.6 is 11.6 Å². The van der Waals surface area contributed by atoms with Crippen LogP contribution in [-0.2, 0) is 16.1 Å². The summed E-state index contributed by atoms with van der Waals surface area (Å²) in [5, 5.41) is 3.70. The highest BCUT2D eigenvalue weighted by Crippen LogP contribution is 2.40. The van der Waals surface area contributed by atoms with Gasteiger partial charge in [0, 0.05) is 29.3 Å². The first-order valence-corrected chi connectivity index (χ1v) is 8.07. The van der Waals surface area contributed by atoms with E-state index >= 15 is 0 Å². The van der Waals surface area contributed by atoms with Gasteiger partial charge in [0.25, 0.3) is 0 Å². The quantitative estimate of drug-likeness (QED) is 0.931. The fourth-order valence-corrected chi connectivity index (χ4v) is 3.76. The Morgan fingerprint density at radius 1 is 1.14 bits per heavy atom. The molecule has 2 aliphatic rings. The van der Waals surface area contributed by atoms with Crippen molar-refractivity contribution in [1.82, 2.24) is 5.32 Å². The van der Waals surface area contributed by atoms with Gasteiger partial charge in [0.05, 0.1) is 0 Å². The standard InChI is InChI=1S/C17H20ClNO2/c18-15-6-4-11(5-7-15)10-19-17(21)14-8-12-2-1-3-13(9-14)16(12)20/h4-7,12-14H,1-3,8-10H2,(H,19,21)/t12-,13+,14?. The van der Waals surface area contributed by atoms with E-state index in [1.807, 2.05) is 24.3 Å². The smallest absolute Gasteiger partial charge is 0.223 e. The molecule has 4 heteroatoms. The minimum atomic E-state index is 0.00491.